The van der Waals surface area contributed by atoms with Crippen LogP contribution in [0.25, 0.3) is 0 Å². The molecular formula is C24H28ClF3N4O5. The van der Waals surface area contributed by atoms with Crippen LogP contribution in [0.5, 0.6) is 0 Å². The lowest BCUT2D eigenvalue weighted by Gasteiger charge is -2.26. The quantitative estimate of drug-likeness (QED) is 0.325. The van der Waals surface area contributed by atoms with Crippen LogP contribution in [-0.4, -0.2) is 59.1 Å². The predicted molar refractivity (Wildman–Crippen MR) is 127 cm³/mol. The Hall–Kier alpha value is -2.86. The van der Waals surface area contributed by atoms with Crippen molar-refractivity contribution in [1.29, 1.82) is 0 Å². The molecule has 5 N–H and O–H groups in total. The van der Waals surface area contributed by atoms with Crippen molar-refractivity contribution < 1.29 is 37.5 Å². The van der Waals surface area contributed by atoms with E-state index in [9.17, 15) is 37.5 Å². The van der Waals surface area contributed by atoms with E-state index in [1.54, 1.807) is 6.92 Å². The molecule has 4 rings (SSSR count). The molecular weight excluding hydrogens is 517 g/mol. The van der Waals surface area contributed by atoms with Crippen LogP contribution < -0.4 is 21.3 Å². The highest BCUT2D eigenvalue weighted by atomic mass is 35.5. The number of rotatable bonds is 9. The Morgan fingerprint density at radius 1 is 1.24 bits per heavy atom. The molecule has 0 spiro atoms. The van der Waals surface area contributed by atoms with Crippen LogP contribution >= 0.6 is 11.6 Å². The molecule has 202 valence electrons. The number of hydrogen-bond acceptors (Lipinski definition) is 5. The number of carbonyl (C=O) groups is 4. The van der Waals surface area contributed by atoms with Crippen molar-refractivity contribution in [2.24, 2.45) is 11.3 Å². The van der Waals surface area contributed by atoms with E-state index in [1.807, 2.05) is 0 Å². The highest BCUT2D eigenvalue weighted by Gasteiger charge is 2.68. The lowest BCUT2D eigenvalue weighted by Crippen LogP contribution is -2.52. The molecule has 37 heavy (non-hydrogen) atoms. The highest BCUT2D eigenvalue weighted by molar-refractivity contribution is 6.31. The van der Waals surface area contributed by atoms with Gasteiger partial charge in [0.15, 0.2) is 6.10 Å². The van der Waals surface area contributed by atoms with Crippen molar-refractivity contribution in [1.82, 2.24) is 16.0 Å². The molecule has 2 aliphatic carbocycles. The van der Waals surface area contributed by atoms with Crippen LogP contribution in [-0.2, 0) is 14.4 Å². The Labute approximate surface area is 215 Å². The second-order valence-electron chi connectivity index (χ2n) is 10.1. The van der Waals surface area contributed by atoms with Gasteiger partial charge in [0, 0.05) is 23.0 Å². The van der Waals surface area contributed by atoms with E-state index in [0.717, 1.165) is 18.9 Å². The lowest BCUT2D eigenvalue weighted by molar-refractivity contribution is -0.189. The maximum absolute atomic E-state index is 13.4. The van der Waals surface area contributed by atoms with E-state index in [-0.39, 0.29) is 53.5 Å². The summed E-state index contributed by atoms with van der Waals surface area (Å²) in [4.78, 5) is 50.6. The summed E-state index contributed by atoms with van der Waals surface area (Å²) in [5.74, 6) is -3.74. The van der Waals surface area contributed by atoms with Gasteiger partial charge in [-0.15, -0.1) is 0 Å². The molecule has 2 saturated carbocycles. The number of nitrogens with one attached hydrogen (secondary N) is 4. The standard InChI is InChI=1S/C24H28ClF3N4O5/c1-11-8-12(19(34)29-11)9-17(18(33)21(36)30-14-3-4-14)31-20(35)15-10-13(25)2-5-16(15)32-22(37)23(6-7-23)24(26,27)28/h2,5,10-12,14,17-18,33H,3-4,6-9H2,1H3,(H,29,34)(H,30,36)(H,31,35)(H,32,37)/t11-,12+,17?,18?/m1/s1. The summed E-state index contributed by atoms with van der Waals surface area (Å²) in [6.45, 7) is 1.80. The molecule has 1 heterocycles. The number of halogens is 4. The molecule has 4 atom stereocenters. The fourth-order valence-electron chi connectivity index (χ4n) is 4.49. The minimum atomic E-state index is -4.74. The minimum Gasteiger partial charge on any atom is -0.381 e. The minimum absolute atomic E-state index is 0.0550. The zero-order chi connectivity index (χ0) is 27.1. The Bertz CT molecular complexity index is 1110. The van der Waals surface area contributed by atoms with Gasteiger partial charge >= 0.3 is 6.18 Å². The molecule has 1 aliphatic heterocycles. The number of hydrogen-bond donors (Lipinski definition) is 5. The molecule has 1 aromatic rings. The summed E-state index contributed by atoms with van der Waals surface area (Å²) in [6, 6.07) is 2.30. The molecule has 0 bridgehead atoms. The Morgan fingerprint density at radius 2 is 1.92 bits per heavy atom. The zero-order valence-corrected chi connectivity index (χ0v) is 20.7. The van der Waals surface area contributed by atoms with Gasteiger partial charge < -0.3 is 26.4 Å². The molecule has 4 amide bonds. The van der Waals surface area contributed by atoms with Gasteiger partial charge in [-0.2, -0.15) is 13.2 Å². The number of aliphatic hydroxyl groups is 1. The first-order valence-corrected chi connectivity index (χ1v) is 12.5. The van der Waals surface area contributed by atoms with Crippen molar-refractivity contribution in [3.05, 3.63) is 28.8 Å². The van der Waals surface area contributed by atoms with Gasteiger partial charge in [-0.1, -0.05) is 11.6 Å². The molecule has 0 aromatic heterocycles. The van der Waals surface area contributed by atoms with E-state index in [0.29, 0.717) is 6.42 Å². The van der Waals surface area contributed by atoms with Gasteiger partial charge in [-0.3, -0.25) is 19.2 Å². The number of alkyl halides is 3. The summed E-state index contributed by atoms with van der Waals surface area (Å²) in [7, 11) is 0. The number of anilines is 1. The summed E-state index contributed by atoms with van der Waals surface area (Å²) in [5, 5.41) is 21.0. The number of carbonyl (C=O) groups excluding carboxylic acids is 4. The van der Waals surface area contributed by atoms with Crippen LogP contribution in [0.3, 0.4) is 0 Å². The summed E-state index contributed by atoms with van der Waals surface area (Å²) in [5.41, 5.74) is -2.96. The first kappa shape index (κ1) is 27.2. The fourth-order valence-corrected chi connectivity index (χ4v) is 4.66. The van der Waals surface area contributed by atoms with Gasteiger partial charge in [0.1, 0.15) is 5.41 Å². The Kier molecular flexibility index (Phi) is 7.44. The van der Waals surface area contributed by atoms with Gasteiger partial charge in [0.05, 0.1) is 17.3 Å². The highest BCUT2D eigenvalue weighted by Crippen LogP contribution is 2.58. The number of amides is 4. The van der Waals surface area contributed by atoms with Crippen molar-refractivity contribution in [2.75, 3.05) is 5.32 Å². The normalized spacial score (nSPS) is 24.0. The van der Waals surface area contributed by atoms with Crippen molar-refractivity contribution in [3.8, 4) is 0 Å². The first-order chi connectivity index (χ1) is 17.3. The third-order valence-corrected chi connectivity index (χ3v) is 7.26. The molecule has 2 unspecified atom stereocenters. The molecule has 1 aromatic carbocycles. The average molecular weight is 545 g/mol. The monoisotopic (exact) mass is 544 g/mol. The lowest BCUT2D eigenvalue weighted by atomic mass is 9.93. The molecule has 3 aliphatic rings. The van der Waals surface area contributed by atoms with E-state index in [4.69, 9.17) is 11.6 Å². The first-order valence-electron chi connectivity index (χ1n) is 12.1. The SMILES string of the molecule is C[C@@H]1C[C@@H](CC(NC(=O)c2cc(Cl)ccc2NC(=O)C2(C(F)(F)F)CC2)C(O)C(=O)NC2CC2)C(=O)N1. The second kappa shape index (κ2) is 10.1. The summed E-state index contributed by atoms with van der Waals surface area (Å²) < 4.78 is 40.2. The predicted octanol–water partition coefficient (Wildman–Crippen LogP) is 2.27. The summed E-state index contributed by atoms with van der Waals surface area (Å²) >= 11 is 6.02. The average Bonchev–Trinajstić information content (AvgIpc) is 3.72. The Morgan fingerprint density at radius 3 is 2.46 bits per heavy atom. The third-order valence-electron chi connectivity index (χ3n) is 7.03. The number of benzene rings is 1. The van der Waals surface area contributed by atoms with Crippen LogP contribution in [0, 0.1) is 11.3 Å². The third kappa shape index (κ3) is 6.01. The van der Waals surface area contributed by atoms with E-state index >= 15 is 0 Å². The van der Waals surface area contributed by atoms with Gasteiger partial charge in [-0.05, 0) is 63.6 Å². The molecule has 3 fully saturated rings. The maximum atomic E-state index is 13.4. The second-order valence-corrected chi connectivity index (χ2v) is 10.5. The van der Waals surface area contributed by atoms with E-state index < -0.39 is 47.4 Å². The van der Waals surface area contributed by atoms with Gasteiger partial charge in [0.2, 0.25) is 11.8 Å². The van der Waals surface area contributed by atoms with Crippen LogP contribution in [0.15, 0.2) is 18.2 Å². The van der Waals surface area contributed by atoms with Crippen LogP contribution in [0.4, 0.5) is 18.9 Å². The molecule has 9 nitrogen and oxygen atoms in total. The van der Waals surface area contributed by atoms with Crippen molar-refractivity contribution >= 4 is 40.9 Å². The molecule has 1 saturated heterocycles. The van der Waals surface area contributed by atoms with E-state index in [2.05, 4.69) is 21.3 Å². The Balaban J connectivity index is 1.54. The molecule has 13 heteroatoms. The molecule has 0 radical (unpaired) electrons. The maximum Gasteiger partial charge on any atom is 0.403 e. The van der Waals surface area contributed by atoms with Crippen LogP contribution in [0.2, 0.25) is 5.02 Å². The zero-order valence-electron chi connectivity index (χ0n) is 20.0. The van der Waals surface area contributed by atoms with Crippen molar-refractivity contribution in [3.63, 3.8) is 0 Å². The van der Waals surface area contributed by atoms with Gasteiger partial charge in [-0.25, -0.2) is 0 Å². The van der Waals surface area contributed by atoms with Crippen molar-refractivity contribution in [2.45, 2.75) is 75.9 Å². The largest absolute Gasteiger partial charge is 0.403 e. The van der Waals surface area contributed by atoms with E-state index in [1.165, 1.54) is 12.1 Å². The fraction of sp³-hybridized carbons (Fsp3) is 0.583. The topological polar surface area (TPSA) is 137 Å². The summed E-state index contributed by atoms with van der Waals surface area (Å²) in [6.07, 6.45) is -5.24. The smallest absolute Gasteiger partial charge is 0.381 e. The van der Waals surface area contributed by atoms with Gasteiger partial charge in [0.25, 0.3) is 11.8 Å². The number of aliphatic hydroxyl groups excluding tert-OH is 1. The van der Waals surface area contributed by atoms with Crippen LogP contribution in [0.1, 0.15) is 55.8 Å².